The summed E-state index contributed by atoms with van der Waals surface area (Å²) in [4.78, 5) is 11.5. The van der Waals surface area contributed by atoms with Gasteiger partial charge < -0.3 is 15.2 Å². The molecule has 0 radical (unpaired) electrons. The molecule has 0 atom stereocenters. The van der Waals surface area contributed by atoms with Crippen LogP contribution in [0.15, 0.2) is 12.1 Å². The van der Waals surface area contributed by atoms with E-state index in [1.54, 1.807) is 6.07 Å². The van der Waals surface area contributed by atoms with Crippen molar-refractivity contribution >= 4 is 11.7 Å². The van der Waals surface area contributed by atoms with Crippen LogP contribution in [0.3, 0.4) is 0 Å². The van der Waals surface area contributed by atoms with Crippen LogP contribution in [0, 0.1) is 0 Å². The largest absolute Gasteiger partial charge is 0.506 e. The lowest BCUT2D eigenvalue weighted by atomic mass is 9.97. The van der Waals surface area contributed by atoms with Gasteiger partial charge in [0.2, 0.25) is 0 Å². The van der Waals surface area contributed by atoms with Gasteiger partial charge in [-0.25, -0.2) is 4.79 Å². The quantitative estimate of drug-likeness (QED) is 0.541. The number of rotatable bonds is 1. The molecule has 0 bridgehead atoms. The Balaban J connectivity index is 2.52. The molecule has 0 fully saturated rings. The Morgan fingerprint density at radius 3 is 3.07 bits per heavy atom. The Hall–Kier alpha value is -1.71. The molecule has 0 saturated carbocycles. The Morgan fingerprint density at radius 1 is 1.53 bits per heavy atom. The van der Waals surface area contributed by atoms with Crippen LogP contribution in [0.2, 0.25) is 0 Å². The predicted molar refractivity (Wildman–Crippen MR) is 56.3 cm³/mol. The van der Waals surface area contributed by atoms with Gasteiger partial charge in [-0.2, -0.15) is 0 Å². The molecule has 80 valence electrons. The Kier molecular flexibility index (Phi) is 2.49. The molecule has 1 aliphatic heterocycles. The molecular weight excluding hydrogens is 194 g/mol. The molecule has 0 spiro atoms. The lowest BCUT2D eigenvalue weighted by molar-refractivity contribution is 0.0599. The van der Waals surface area contributed by atoms with Crippen molar-refractivity contribution in [1.82, 2.24) is 0 Å². The number of carbonyl (C=O) groups is 1. The van der Waals surface area contributed by atoms with E-state index < -0.39 is 0 Å². The first-order valence-corrected chi connectivity index (χ1v) is 4.91. The molecule has 0 aromatic heterocycles. The van der Waals surface area contributed by atoms with Crippen LogP contribution in [0.4, 0.5) is 5.69 Å². The summed E-state index contributed by atoms with van der Waals surface area (Å²) in [6, 6.07) is 3.12. The first kappa shape index (κ1) is 9.83. The maximum Gasteiger partial charge on any atom is 0.338 e. The van der Waals surface area contributed by atoms with Crippen molar-refractivity contribution in [3.8, 4) is 5.75 Å². The lowest BCUT2D eigenvalue weighted by Gasteiger charge is -2.21. The lowest BCUT2D eigenvalue weighted by Crippen LogP contribution is -2.16. The van der Waals surface area contributed by atoms with Gasteiger partial charge in [0, 0.05) is 6.54 Å². The van der Waals surface area contributed by atoms with Crippen LogP contribution in [0.25, 0.3) is 0 Å². The summed E-state index contributed by atoms with van der Waals surface area (Å²) in [6.45, 7) is 0.825. The third-order valence-electron chi connectivity index (χ3n) is 2.60. The first-order chi connectivity index (χ1) is 7.24. The van der Waals surface area contributed by atoms with Gasteiger partial charge in [-0.3, -0.25) is 0 Å². The number of hydrogen-bond acceptors (Lipinski definition) is 4. The number of anilines is 1. The summed E-state index contributed by atoms with van der Waals surface area (Å²) < 4.78 is 4.69. The number of nitrogens with one attached hydrogen (secondary N) is 1. The van der Waals surface area contributed by atoms with E-state index in [-0.39, 0.29) is 11.7 Å². The van der Waals surface area contributed by atoms with Crippen molar-refractivity contribution in [1.29, 1.82) is 0 Å². The standard InChI is InChI=1S/C11H13NO3/c1-15-11(14)8-4-5-9(13)10-7(8)3-2-6-12-10/h4-5,12-13H,2-3,6H2,1H3. The average Bonchev–Trinajstić information content (AvgIpc) is 2.29. The van der Waals surface area contributed by atoms with Crippen molar-refractivity contribution in [3.63, 3.8) is 0 Å². The number of ether oxygens (including phenoxy) is 1. The van der Waals surface area contributed by atoms with Crippen LogP contribution in [0.5, 0.6) is 5.75 Å². The normalized spacial score (nSPS) is 13.9. The molecule has 0 saturated heterocycles. The summed E-state index contributed by atoms with van der Waals surface area (Å²) in [5.74, 6) is -0.160. The zero-order valence-corrected chi connectivity index (χ0v) is 8.54. The van der Waals surface area contributed by atoms with Crippen LogP contribution in [0.1, 0.15) is 22.3 Å². The number of methoxy groups -OCH3 is 1. The second kappa shape index (κ2) is 3.81. The summed E-state index contributed by atoms with van der Waals surface area (Å²) in [6.07, 6.45) is 1.75. The van der Waals surface area contributed by atoms with E-state index in [1.165, 1.54) is 13.2 Å². The number of benzene rings is 1. The van der Waals surface area contributed by atoms with E-state index in [4.69, 9.17) is 4.74 Å². The van der Waals surface area contributed by atoms with Gasteiger partial charge in [-0.15, -0.1) is 0 Å². The minimum atomic E-state index is -0.352. The fourth-order valence-electron chi connectivity index (χ4n) is 1.87. The second-order valence-corrected chi connectivity index (χ2v) is 3.51. The SMILES string of the molecule is COC(=O)c1ccc(O)c2c1CCCN2. The molecule has 2 rings (SSSR count). The number of phenolic OH excluding ortho intramolecular Hbond substituents is 1. The summed E-state index contributed by atoms with van der Waals surface area (Å²) in [7, 11) is 1.36. The number of esters is 1. The highest BCUT2D eigenvalue weighted by atomic mass is 16.5. The second-order valence-electron chi connectivity index (χ2n) is 3.51. The van der Waals surface area contributed by atoms with Crippen molar-refractivity contribution in [2.45, 2.75) is 12.8 Å². The summed E-state index contributed by atoms with van der Waals surface area (Å²) >= 11 is 0. The van der Waals surface area contributed by atoms with Gasteiger partial charge in [0.15, 0.2) is 0 Å². The van der Waals surface area contributed by atoms with Gasteiger partial charge in [0.05, 0.1) is 18.4 Å². The highest BCUT2D eigenvalue weighted by Crippen LogP contribution is 2.33. The molecular formula is C11H13NO3. The van der Waals surface area contributed by atoms with Crippen molar-refractivity contribution in [2.24, 2.45) is 0 Å². The zero-order chi connectivity index (χ0) is 10.8. The Bertz CT molecular complexity index is 401. The van der Waals surface area contributed by atoms with Crippen molar-refractivity contribution in [2.75, 3.05) is 19.0 Å². The number of phenols is 1. The fraction of sp³-hybridized carbons (Fsp3) is 0.364. The van der Waals surface area contributed by atoms with Crippen LogP contribution in [-0.4, -0.2) is 24.7 Å². The molecule has 1 aromatic carbocycles. The molecule has 0 aliphatic carbocycles. The zero-order valence-electron chi connectivity index (χ0n) is 8.54. The topological polar surface area (TPSA) is 58.6 Å². The third kappa shape index (κ3) is 1.63. The van der Waals surface area contributed by atoms with Gasteiger partial charge in [0.1, 0.15) is 5.75 Å². The van der Waals surface area contributed by atoms with Crippen molar-refractivity contribution in [3.05, 3.63) is 23.3 Å². The van der Waals surface area contributed by atoms with E-state index in [2.05, 4.69) is 5.32 Å². The minimum Gasteiger partial charge on any atom is -0.506 e. The number of hydrogen-bond donors (Lipinski definition) is 2. The highest BCUT2D eigenvalue weighted by molar-refractivity contribution is 5.93. The first-order valence-electron chi connectivity index (χ1n) is 4.91. The van der Waals surface area contributed by atoms with Gasteiger partial charge in [-0.1, -0.05) is 0 Å². The van der Waals surface area contributed by atoms with E-state index in [0.717, 1.165) is 24.9 Å². The van der Waals surface area contributed by atoms with Crippen LogP contribution in [-0.2, 0) is 11.2 Å². The number of aromatic hydroxyl groups is 1. The van der Waals surface area contributed by atoms with E-state index >= 15 is 0 Å². The van der Waals surface area contributed by atoms with Crippen LogP contribution < -0.4 is 5.32 Å². The van der Waals surface area contributed by atoms with E-state index in [9.17, 15) is 9.90 Å². The molecule has 1 heterocycles. The molecule has 1 aliphatic rings. The minimum absolute atomic E-state index is 0.192. The maximum absolute atomic E-state index is 11.5. The van der Waals surface area contributed by atoms with Gasteiger partial charge in [-0.05, 0) is 30.5 Å². The smallest absolute Gasteiger partial charge is 0.338 e. The molecule has 15 heavy (non-hydrogen) atoms. The Morgan fingerprint density at radius 2 is 2.33 bits per heavy atom. The number of fused-ring (bicyclic) bond motifs is 1. The van der Waals surface area contributed by atoms with Gasteiger partial charge >= 0.3 is 5.97 Å². The number of carbonyl (C=O) groups excluding carboxylic acids is 1. The third-order valence-corrected chi connectivity index (χ3v) is 2.60. The Labute approximate surface area is 87.9 Å². The monoisotopic (exact) mass is 207 g/mol. The van der Waals surface area contributed by atoms with Crippen LogP contribution >= 0.6 is 0 Å². The molecule has 4 heteroatoms. The fourth-order valence-corrected chi connectivity index (χ4v) is 1.87. The summed E-state index contributed by atoms with van der Waals surface area (Å²) in [5, 5.41) is 12.7. The molecule has 2 N–H and O–H groups in total. The molecule has 0 unspecified atom stereocenters. The molecule has 4 nitrogen and oxygen atoms in total. The van der Waals surface area contributed by atoms with E-state index in [1.807, 2.05) is 0 Å². The molecule has 0 amide bonds. The molecule has 1 aromatic rings. The maximum atomic E-state index is 11.5. The average molecular weight is 207 g/mol. The highest BCUT2D eigenvalue weighted by Gasteiger charge is 2.20. The van der Waals surface area contributed by atoms with Gasteiger partial charge in [0.25, 0.3) is 0 Å². The van der Waals surface area contributed by atoms with E-state index in [0.29, 0.717) is 11.3 Å². The summed E-state index contributed by atoms with van der Waals surface area (Å²) in [5.41, 5.74) is 2.06. The van der Waals surface area contributed by atoms with Crippen molar-refractivity contribution < 1.29 is 14.6 Å². The predicted octanol–water partition coefficient (Wildman–Crippen LogP) is 1.54.